The van der Waals surface area contributed by atoms with Crippen LogP contribution in [0.1, 0.15) is 30.3 Å². The van der Waals surface area contributed by atoms with Gasteiger partial charge in [0.05, 0.1) is 0 Å². The van der Waals surface area contributed by atoms with E-state index in [2.05, 4.69) is 12.1 Å². The molecule has 2 aliphatic rings. The Labute approximate surface area is 134 Å². The minimum atomic E-state index is -0.0627. The van der Waals surface area contributed by atoms with Crippen molar-refractivity contribution in [2.45, 2.75) is 19.8 Å². The van der Waals surface area contributed by atoms with E-state index in [9.17, 15) is 4.79 Å². The molecule has 0 unspecified atom stereocenters. The molecule has 0 saturated carbocycles. The minimum Gasteiger partial charge on any atom is -0.454 e. The molecule has 1 aromatic heterocycles. The maximum Gasteiger partial charge on any atom is 0.276 e. The standard InChI is InChI=1S/C17H18N2O4/c1-11-3-2-6-19(9-11)17(20)13-8-15(23-18-13)12-4-5-14-16(7-12)22-10-21-14/h4-5,7-8,11H,2-3,6,9-10H2,1H3/t11-/m1/s1. The molecule has 0 bridgehead atoms. The van der Waals surface area contributed by atoms with Gasteiger partial charge < -0.3 is 18.9 Å². The number of nitrogens with zero attached hydrogens (tertiary/aromatic N) is 2. The summed E-state index contributed by atoms with van der Waals surface area (Å²) in [6, 6.07) is 7.22. The number of hydrogen-bond acceptors (Lipinski definition) is 5. The average molecular weight is 314 g/mol. The van der Waals surface area contributed by atoms with Gasteiger partial charge in [-0.1, -0.05) is 12.1 Å². The first-order chi connectivity index (χ1) is 11.2. The van der Waals surface area contributed by atoms with E-state index in [1.54, 1.807) is 6.07 Å². The van der Waals surface area contributed by atoms with Gasteiger partial charge in [-0.15, -0.1) is 0 Å². The van der Waals surface area contributed by atoms with Gasteiger partial charge in [0.1, 0.15) is 0 Å². The number of benzene rings is 1. The second kappa shape index (κ2) is 5.61. The number of carbonyl (C=O) groups excluding carboxylic acids is 1. The SMILES string of the molecule is C[C@@H]1CCCN(C(=O)c2cc(-c3ccc4c(c3)OCO4)on2)C1. The van der Waals surface area contributed by atoms with Crippen molar-refractivity contribution in [3.05, 3.63) is 30.0 Å². The fourth-order valence-corrected chi connectivity index (χ4v) is 3.10. The zero-order chi connectivity index (χ0) is 15.8. The fraction of sp³-hybridized carbons (Fsp3) is 0.412. The van der Waals surface area contributed by atoms with Crippen molar-refractivity contribution in [3.63, 3.8) is 0 Å². The first kappa shape index (κ1) is 14.1. The zero-order valence-electron chi connectivity index (χ0n) is 12.9. The number of fused-ring (bicyclic) bond motifs is 1. The van der Waals surface area contributed by atoms with Gasteiger partial charge in [-0.3, -0.25) is 4.79 Å². The van der Waals surface area contributed by atoms with Crippen molar-refractivity contribution in [1.82, 2.24) is 10.1 Å². The minimum absolute atomic E-state index is 0.0627. The number of carbonyl (C=O) groups is 1. The summed E-state index contributed by atoms with van der Waals surface area (Å²) in [5, 5.41) is 3.95. The normalized spacial score (nSPS) is 19.9. The molecule has 0 radical (unpaired) electrons. The highest BCUT2D eigenvalue weighted by molar-refractivity contribution is 5.93. The summed E-state index contributed by atoms with van der Waals surface area (Å²) >= 11 is 0. The molecule has 3 heterocycles. The lowest BCUT2D eigenvalue weighted by atomic mass is 10.00. The van der Waals surface area contributed by atoms with Gasteiger partial charge in [0.15, 0.2) is 23.0 Å². The number of ether oxygens (including phenoxy) is 2. The third kappa shape index (κ3) is 2.65. The molecule has 1 amide bonds. The summed E-state index contributed by atoms with van der Waals surface area (Å²) in [4.78, 5) is 14.4. The third-order valence-corrected chi connectivity index (χ3v) is 4.33. The Balaban J connectivity index is 1.55. The van der Waals surface area contributed by atoms with Gasteiger partial charge in [-0.25, -0.2) is 0 Å². The van der Waals surface area contributed by atoms with Gasteiger partial charge in [0.2, 0.25) is 6.79 Å². The van der Waals surface area contributed by atoms with Crippen LogP contribution < -0.4 is 9.47 Å². The van der Waals surface area contributed by atoms with E-state index in [0.29, 0.717) is 28.9 Å². The van der Waals surface area contributed by atoms with Crippen LogP contribution in [0.3, 0.4) is 0 Å². The molecule has 0 aliphatic carbocycles. The lowest BCUT2D eigenvalue weighted by Crippen LogP contribution is -2.39. The van der Waals surface area contributed by atoms with Crippen molar-refractivity contribution in [3.8, 4) is 22.8 Å². The van der Waals surface area contributed by atoms with E-state index < -0.39 is 0 Å². The van der Waals surface area contributed by atoms with E-state index in [0.717, 1.165) is 25.1 Å². The smallest absolute Gasteiger partial charge is 0.276 e. The molecule has 2 aromatic rings. The van der Waals surface area contributed by atoms with Crippen LogP contribution in [0.25, 0.3) is 11.3 Å². The van der Waals surface area contributed by atoms with Gasteiger partial charge in [0, 0.05) is 24.7 Å². The molecule has 2 aliphatic heterocycles. The Hall–Kier alpha value is -2.50. The Morgan fingerprint density at radius 3 is 3.00 bits per heavy atom. The second-order valence-corrected chi connectivity index (χ2v) is 6.14. The summed E-state index contributed by atoms with van der Waals surface area (Å²) in [6.07, 6.45) is 2.21. The number of amides is 1. The van der Waals surface area contributed by atoms with Crippen LogP contribution in [0.2, 0.25) is 0 Å². The maximum atomic E-state index is 12.5. The van der Waals surface area contributed by atoms with Crippen molar-refractivity contribution in [2.75, 3.05) is 19.9 Å². The first-order valence-electron chi connectivity index (χ1n) is 7.87. The Bertz CT molecular complexity index is 740. The highest BCUT2D eigenvalue weighted by atomic mass is 16.7. The van der Waals surface area contributed by atoms with Crippen LogP contribution in [-0.2, 0) is 0 Å². The molecule has 1 saturated heterocycles. The van der Waals surface area contributed by atoms with Crippen molar-refractivity contribution >= 4 is 5.91 Å². The van der Waals surface area contributed by atoms with E-state index in [4.69, 9.17) is 14.0 Å². The summed E-state index contributed by atoms with van der Waals surface area (Å²) in [5.41, 5.74) is 1.17. The summed E-state index contributed by atoms with van der Waals surface area (Å²) in [6.45, 7) is 3.97. The highest BCUT2D eigenvalue weighted by Crippen LogP contribution is 2.36. The van der Waals surface area contributed by atoms with Gasteiger partial charge in [-0.05, 0) is 37.0 Å². The van der Waals surface area contributed by atoms with Crippen LogP contribution in [0.15, 0.2) is 28.8 Å². The lowest BCUT2D eigenvalue weighted by molar-refractivity contribution is 0.0672. The highest BCUT2D eigenvalue weighted by Gasteiger charge is 2.25. The zero-order valence-corrected chi connectivity index (χ0v) is 12.9. The second-order valence-electron chi connectivity index (χ2n) is 6.14. The average Bonchev–Trinajstić information content (AvgIpc) is 3.22. The van der Waals surface area contributed by atoms with E-state index >= 15 is 0 Å². The molecule has 120 valence electrons. The molecule has 23 heavy (non-hydrogen) atoms. The van der Waals surface area contributed by atoms with Crippen molar-refractivity contribution in [1.29, 1.82) is 0 Å². The van der Waals surface area contributed by atoms with Crippen LogP contribution in [-0.4, -0.2) is 35.8 Å². The topological polar surface area (TPSA) is 64.8 Å². The lowest BCUT2D eigenvalue weighted by Gasteiger charge is -2.30. The van der Waals surface area contributed by atoms with Crippen LogP contribution >= 0.6 is 0 Å². The molecular weight excluding hydrogens is 296 g/mol. The molecule has 0 spiro atoms. The predicted octanol–water partition coefficient (Wildman–Crippen LogP) is 2.94. The summed E-state index contributed by atoms with van der Waals surface area (Å²) in [7, 11) is 0. The molecule has 4 rings (SSSR count). The van der Waals surface area contributed by atoms with Crippen molar-refractivity contribution in [2.24, 2.45) is 5.92 Å². The molecule has 6 nitrogen and oxygen atoms in total. The number of aromatic nitrogens is 1. The van der Waals surface area contributed by atoms with E-state index in [-0.39, 0.29) is 12.7 Å². The quantitative estimate of drug-likeness (QED) is 0.852. The van der Waals surface area contributed by atoms with Crippen molar-refractivity contribution < 1.29 is 18.8 Å². The van der Waals surface area contributed by atoms with Crippen LogP contribution in [0.4, 0.5) is 0 Å². The van der Waals surface area contributed by atoms with Gasteiger partial charge >= 0.3 is 0 Å². The third-order valence-electron chi connectivity index (χ3n) is 4.33. The first-order valence-corrected chi connectivity index (χ1v) is 7.87. The monoisotopic (exact) mass is 314 g/mol. The Morgan fingerprint density at radius 2 is 2.13 bits per heavy atom. The Morgan fingerprint density at radius 1 is 1.26 bits per heavy atom. The summed E-state index contributed by atoms with van der Waals surface area (Å²) in [5.74, 6) is 2.42. The number of likely N-dealkylation sites (tertiary alicyclic amines) is 1. The fourth-order valence-electron chi connectivity index (χ4n) is 3.10. The number of hydrogen-bond donors (Lipinski definition) is 0. The molecule has 6 heteroatoms. The van der Waals surface area contributed by atoms with E-state index in [1.165, 1.54) is 6.42 Å². The number of rotatable bonds is 2. The molecule has 1 aromatic carbocycles. The Kier molecular flexibility index (Phi) is 3.44. The number of piperidine rings is 1. The largest absolute Gasteiger partial charge is 0.454 e. The molecule has 1 fully saturated rings. The maximum absolute atomic E-state index is 12.5. The van der Waals surface area contributed by atoms with Gasteiger partial charge in [-0.2, -0.15) is 0 Å². The predicted molar refractivity (Wildman–Crippen MR) is 82.4 cm³/mol. The van der Waals surface area contributed by atoms with Crippen LogP contribution in [0, 0.1) is 5.92 Å². The molecule has 0 N–H and O–H groups in total. The molecule has 1 atom stereocenters. The van der Waals surface area contributed by atoms with Crippen LogP contribution in [0.5, 0.6) is 11.5 Å². The summed E-state index contributed by atoms with van der Waals surface area (Å²) < 4.78 is 16.0. The van der Waals surface area contributed by atoms with E-state index in [1.807, 2.05) is 23.1 Å². The van der Waals surface area contributed by atoms with Gasteiger partial charge in [0.25, 0.3) is 5.91 Å². The molecular formula is C17H18N2O4.